The average Bonchev–Trinajstić information content (AvgIpc) is 3.23. The first-order valence-corrected chi connectivity index (χ1v) is 9.90. The van der Waals surface area contributed by atoms with Crippen molar-refractivity contribution in [3.05, 3.63) is 65.6 Å². The smallest absolute Gasteiger partial charge is 0.256 e. The number of pyridine rings is 1. The van der Waals surface area contributed by atoms with E-state index >= 15 is 0 Å². The van der Waals surface area contributed by atoms with E-state index in [1.165, 1.54) is 4.80 Å². The van der Waals surface area contributed by atoms with Gasteiger partial charge < -0.3 is 9.64 Å². The van der Waals surface area contributed by atoms with E-state index in [2.05, 4.69) is 22.1 Å². The molecule has 2 atom stereocenters. The van der Waals surface area contributed by atoms with E-state index in [1.54, 1.807) is 12.4 Å². The minimum Gasteiger partial charge on any atom is -0.472 e. The highest BCUT2D eigenvalue weighted by atomic mass is 16.5. The third kappa shape index (κ3) is 4.13. The first kappa shape index (κ1) is 19.1. The average molecular weight is 391 g/mol. The lowest BCUT2D eigenvalue weighted by Crippen LogP contribution is -2.49. The standard InChI is InChI=1S/C22H25N5O2/c1-15-7-10-20(27-23-11-12-24-27)19(13-15)22(28)26-14-18(9-8-17(26)3)29-21-6-4-5-16(2)25-21/h4-7,10-13,17-18H,8-9,14H2,1-3H3/t17-,18+/m1/s1. The number of nitrogens with zero attached hydrogens (tertiary/aromatic N) is 5. The molecule has 0 spiro atoms. The molecule has 1 saturated heterocycles. The topological polar surface area (TPSA) is 73.1 Å². The maximum Gasteiger partial charge on any atom is 0.256 e. The number of hydrogen-bond acceptors (Lipinski definition) is 5. The van der Waals surface area contributed by atoms with Gasteiger partial charge in [0.15, 0.2) is 0 Å². The Hall–Kier alpha value is -3.22. The van der Waals surface area contributed by atoms with Crippen molar-refractivity contribution in [2.45, 2.75) is 45.8 Å². The first-order chi connectivity index (χ1) is 14.0. The second-order valence-electron chi connectivity index (χ2n) is 7.58. The fourth-order valence-electron chi connectivity index (χ4n) is 3.70. The number of carbonyl (C=O) groups excluding carboxylic acids is 1. The Kier molecular flexibility index (Phi) is 5.29. The number of piperidine rings is 1. The van der Waals surface area contributed by atoms with Crippen LogP contribution in [0.25, 0.3) is 5.69 Å². The number of hydrogen-bond donors (Lipinski definition) is 0. The Morgan fingerprint density at radius 2 is 1.90 bits per heavy atom. The highest BCUT2D eigenvalue weighted by molar-refractivity contribution is 5.98. The number of rotatable bonds is 4. The van der Waals surface area contributed by atoms with E-state index in [9.17, 15) is 4.79 Å². The number of aryl methyl sites for hydroxylation is 2. The lowest BCUT2D eigenvalue weighted by atomic mass is 9.99. The van der Waals surface area contributed by atoms with E-state index in [1.807, 2.05) is 55.1 Å². The number of likely N-dealkylation sites (tertiary alicyclic amines) is 1. The molecule has 0 aliphatic carbocycles. The molecule has 0 bridgehead atoms. The van der Waals surface area contributed by atoms with E-state index in [4.69, 9.17) is 4.74 Å². The minimum atomic E-state index is -0.0828. The lowest BCUT2D eigenvalue weighted by Gasteiger charge is -2.38. The molecule has 1 aliphatic heterocycles. The van der Waals surface area contributed by atoms with Crippen LogP contribution in [0.5, 0.6) is 5.88 Å². The third-order valence-electron chi connectivity index (χ3n) is 5.27. The van der Waals surface area contributed by atoms with Crippen molar-refractivity contribution in [1.29, 1.82) is 0 Å². The monoisotopic (exact) mass is 391 g/mol. The summed E-state index contributed by atoms with van der Waals surface area (Å²) in [4.78, 5) is 21.3. The molecule has 1 amide bonds. The summed E-state index contributed by atoms with van der Waals surface area (Å²) in [5, 5.41) is 8.41. The number of ether oxygens (including phenoxy) is 1. The maximum atomic E-state index is 13.5. The largest absolute Gasteiger partial charge is 0.472 e. The third-order valence-corrected chi connectivity index (χ3v) is 5.27. The van der Waals surface area contributed by atoms with Gasteiger partial charge in [0.2, 0.25) is 5.88 Å². The highest BCUT2D eigenvalue weighted by Gasteiger charge is 2.32. The predicted molar refractivity (Wildman–Crippen MR) is 109 cm³/mol. The fraction of sp³-hybridized carbons (Fsp3) is 0.364. The van der Waals surface area contributed by atoms with Crippen molar-refractivity contribution in [3.63, 3.8) is 0 Å². The lowest BCUT2D eigenvalue weighted by molar-refractivity contribution is 0.0372. The second-order valence-corrected chi connectivity index (χ2v) is 7.58. The van der Waals surface area contributed by atoms with E-state index in [0.717, 1.165) is 24.1 Å². The van der Waals surface area contributed by atoms with Gasteiger partial charge in [0.05, 0.1) is 30.2 Å². The maximum absolute atomic E-state index is 13.5. The Labute approximate surface area is 170 Å². The molecule has 2 aromatic heterocycles. The van der Waals surface area contributed by atoms with Crippen molar-refractivity contribution in [2.75, 3.05) is 6.54 Å². The highest BCUT2D eigenvalue weighted by Crippen LogP contribution is 2.25. The van der Waals surface area contributed by atoms with Crippen molar-refractivity contribution in [3.8, 4) is 11.6 Å². The van der Waals surface area contributed by atoms with Crippen LogP contribution in [-0.2, 0) is 0 Å². The van der Waals surface area contributed by atoms with E-state index < -0.39 is 0 Å². The van der Waals surface area contributed by atoms with E-state index in [-0.39, 0.29) is 18.1 Å². The summed E-state index contributed by atoms with van der Waals surface area (Å²) in [5.74, 6) is 0.577. The molecule has 3 aromatic rings. The molecule has 7 heteroatoms. The van der Waals surface area contributed by atoms with Gasteiger partial charge in [0.25, 0.3) is 5.91 Å². The van der Waals surface area contributed by atoms with Gasteiger partial charge in [-0.2, -0.15) is 15.0 Å². The molecular weight excluding hydrogens is 366 g/mol. The zero-order valence-corrected chi connectivity index (χ0v) is 16.9. The van der Waals surface area contributed by atoms with Gasteiger partial charge in [-0.05, 0) is 51.8 Å². The normalized spacial score (nSPS) is 19.2. The van der Waals surface area contributed by atoms with Gasteiger partial charge in [-0.25, -0.2) is 4.98 Å². The number of amides is 1. The summed E-state index contributed by atoms with van der Waals surface area (Å²) < 4.78 is 6.09. The molecule has 0 radical (unpaired) electrons. The zero-order valence-electron chi connectivity index (χ0n) is 16.9. The van der Waals surface area contributed by atoms with Crippen molar-refractivity contribution >= 4 is 5.91 Å². The molecule has 150 valence electrons. The second kappa shape index (κ2) is 8.03. The number of aromatic nitrogens is 4. The molecule has 3 heterocycles. The van der Waals surface area contributed by atoms with Crippen LogP contribution < -0.4 is 4.74 Å². The Balaban J connectivity index is 1.58. The van der Waals surface area contributed by atoms with Crippen LogP contribution in [0.2, 0.25) is 0 Å². The summed E-state index contributed by atoms with van der Waals surface area (Å²) in [5.41, 5.74) is 3.21. The van der Waals surface area contributed by atoms with Crippen LogP contribution in [0.4, 0.5) is 0 Å². The van der Waals surface area contributed by atoms with Crippen LogP contribution in [0.3, 0.4) is 0 Å². The SMILES string of the molecule is Cc1ccc(-n2nccn2)c(C(=O)N2C[C@@H](Oc3cccc(C)n3)CC[C@H]2C)c1. The molecular formula is C22H25N5O2. The summed E-state index contributed by atoms with van der Waals surface area (Å²) in [6.07, 6.45) is 4.90. The molecule has 1 aromatic carbocycles. The van der Waals surface area contributed by atoms with Crippen LogP contribution in [0.1, 0.15) is 41.4 Å². The molecule has 4 rings (SSSR count). The van der Waals surface area contributed by atoms with Gasteiger partial charge in [-0.15, -0.1) is 0 Å². The summed E-state index contributed by atoms with van der Waals surface area (Å²) in [7, 11) is 0. The van der Waals surface area contributed by atoms with Crippen LogP contribution in [-0.4, -0.2) is 49.5 Å². The Morgan fingerprint density at radius 3 is 2.66 bits per heavy atom. The van der Waals surface area contributed by atoms with Crippen molar-refractivity contribution in [1.82, 2.24) is 24.9 Å². The molecule has 1 fully saturated rings. The number of benzene rings is 1. The van der Waals surface area contributed by atoms with Gasteiger partial charge in [-0.1, -0.05) is 17.7 Å². The first-order valence-electron chi connectivity index (χ1n) is 9.90. The Bertz CT molecular complexity index is 1000. The van der Waals surface area contributed by atoms with Gasteiger partial charge in [0.1, 0.15) is 6.10 Å². The molecule has 1 aliphatic rings. The van der Waals surface area contributed by atoms with Crippen LogP contribution >= 0.6 is 0 Å². The summed E-state index contributed by atoms with van der Waals surface area (Å²) in [6.45, 7) is 6.52. The summed E-state index contributed by atoms with van der Waals surface area (Å²) >= 11 is 0. The van der Waals surface area contributed by atoms with Crippen LogP contribution in [0, 0.1) is 13.8 Å². The summed E-state index contributed by atoms with van der Waals surface area (Å²) in [6, 6.07) is 11.6. The molecule has 0 saturated carbocycles. The number of carbonyl (C=O) groups is 1. The van der Waals surface area contributed by atoms with Gasteiger partial charge >= 0.3 is 0 Å². The van der Waals surface area contributed by atoms with E-state index in [0.29, 0.717) is 23.7 Å². The fourth-order valence-corrected chi connectivity index (χ4v) is 3.70. The molecule has 0 unspecified atom stereocenters. The van der Waals surface area contributed by atoms with Crippen molar-refractivity contribution in [2.24, 2.45) is 0 Å². The zero-order chi connectivity index (χ0) is 20.4. The molecule has 0 N–H and O–H groups in total. The Morgan fingerprint density at radius 1 is 1.10 bits per heavy atom. The van der Waals surface area contributed by atoms with Crippen LogP contribution in [0.15, 0.2) is 48.8 Å². The van der Waals surface area contributed by atoms with Gasteiger partial charge in [0, 0.05) is 17.8 Å². The van der Waals surface area contributed by atoms with Crippen molar-refractivity contribution < 1.29 is 9.53 Å². The minimum absolute atomic E-state index is 0.0287. The quantitative estimate of drug-likeness (QED) is 0.682. The van der Waals surface area contributed by atoms with Gasteiger partial charge in [-0.3, -0.25) is 4.79 Å². The molecule has 29 heavy (non-hydrogen) atoms. The predicted octanol–water partition coefficient (Wildman–Crippen LogP) is 3.35. The molecule has 7 nitrogen and oxygen atoms in total.